The lowest BCUT2D eigenvalue weighted by Gasteiger charge is -2.30. The molecule has 1 aromatic carbocycles. The van der Waals surface area contributed by atoms with Crippen LogP contribution in [0.3, 0.4) is 0 Å². The van der Waals surface area contributed by atoms with Gasteiger partial charge in [0.05, 0.1) is 13.2 Å². The van der Waals surface area contributed by atoms with Crippen LogP contribution in [-0.2, 0) is 16.1 Å². The molecule has 1 amide bonds. The second-order valence-corrected chi connectivity index (χ2v) is 6.28. The van der Waals surface area contributed by atoms with Crippen molar-refractivity contribution in [1.82, 2.24) is 5.32 Å². The van der Waals surface area contributed by atoms with E-state index in [1.54, 1.807) is 0 Å². The van der Waals surface area contributed by atoms with E-state index in [1.165, 1.54) is 30.5 Å². The molecule has 1 aliphatic carbocycles. The van der Waals surface area contributed by atoms with Crippen molar-refractivity contribution < 1.29 is 9.53 Å². The van der Waals surface area contributed by atoms with Crippen LogP contribution in [-0.4, -0.2) is 32.2 Å². The van der Waals surface area contributed by atoms with Crippen molar-refractivity contribution in [3.8, 4) is 0 Å². The Balaban J connectivity index is 1.60. The van der Waals surface area contributed by atoms with Gasteiger partial charge in [-0.1, -0.05) is 37.5 Å². The maximum absolute atomic E-state index is 12.3. The SMILES string of the molecule is O=C(NCc1ccccc1N1CCOCC1)C1CCCCC1. The molecule has 3 rings (SSSR count). The molecule has 4 heteroatoms. The van der Waals surface area contributed by atoms with E-state index in [4.69, 9.17) is 4.74 Å². The van der Waals surface area contributed by atoms with Gasteiger partial charge in [0.25, 0.3) is 0 Å². The number of hydrogen-bond donors (Lipinski definition) is 1. The van der Waals surface area contributed by atoms with Crippen molar-refractivity contribution in [2.24, 2.45) is 5.92 Å². The van der Waals surface area contributed by atoms with Crippen LogP contribution < -0.4 is 10.2 Å². The molecule has 2 aliphatic rings. The average molecular weight is 302 g/mol. The number of amides is 1. The normalized spacial score (nSPS) is 19.9. The van der Waals surface area contributed by atoms with E-state index < -0.39 is 0 Å². The summed E-state index contributed by atoms with van der Waals surface area (Å²) >= 11 is 0. The number of benzene rings is 1. The van der Waals surface area contributed by atoms with Crippen LogP contribution in [0.2, 0.25) is 0 Å². The fraction of sp³-hybridized carbons (Fsp3) is 0.611. The Morgan fingerprint density at radius 1 is 1.14 bits per heavy atom. The van der Waals surface area contributed by atoms with Crippen LogP contribution in [0.25, 0.3) is 0 Å². The summed E-state index contributed by atoms with van der Waals surface area (Å²) in [4.78, 5) is 14.7. The second kappa shape index (κ2) is 7.63. The molecule has 1 aromatic rings. The number of rotatable bonds is 4. The fourth-order valence-electron chi connectivity index (χ4n) is 3.46. The summed E-state index contributed by atoms with van der Waals surface area (Å²) in [5, 5.41) is 3.15. The molecular formula is C18H26N2O2. The fourth-order valence-corrected chi connectivity index (χ4v) is 3.46. The summed E-state index contributed by atoms with van der Waals surface area (Å²) < 4.78 is 5.43. The van der Waals surface area contributed by atoms with Gasteiger partial charge in [-0.3, -0.25) is 4.79 Å². The predicted molar refractivity (Wildman–Crippen MR) is 87.9 cm³/mol. The maximum atomic E-state index is 12.3. The first-order valence-corrected chi connectivity index (χ1v) is 8.53. The number of carbonyl (C=O) groups excluding carboxylic acids is 1. The van der Waals surface area contributed by atoms with Gasteiger partial charge in [0.15, 0.2) is 0 Å². The molecule has 120 valence electrons. The molecule has 1 saturated heterocycles. The molecule has 2 fully saturated rings. The predicted octanol–water partition coefficient (Wildman–Crippen LogP) is 2.72. The number of anilines is 1. The molecule has 0 aromatic heterocycles. The summed E-state index contributed by atoms with van der Waals surface area (Å²) in [6.45, 7) is 4.04. The highest BCUT2D eigenvalue weighted by Gasteiger charge is 2.21. The van der Waals surface area contributed by atoms with Crippen molar-refractivity contribution in [2.45, 2.75) is 38.6 Å². The lowest BCUT2D eigenvalue weighted by atomic mass is 9.88. The first-order chi connectivity index (χ1) is 10.8. The van der Waals surface area contributed by atoms with Crippen molar-refractivity contribution >= 4 is 11.6 Å². The molecule has 22 heavy (non-hydrogen) atoms. The van der Waals surface area contributed by atoms with Gasteiger partial charge in [0.2, 0.25) is 5.91 Å². The van der Waals surface area contributed by atoms with Crippen molar-refractivity contribution in [2.75, 3.05) is 31.2 Å². The lowest BCUT2D eigenvalue weighted by molar-refractivity contribution is -0.126. The van der Waals surface area contributed by atoms with E-state index in [2.05, 4.69) is 28.4 Å². The first kappa shape index (κ1) is 15.3. The summed E-state index contributed by atoms with van der Waals surface area (Å²) in [5.74, 6) is 0.459. The van der Waals surface area contributed by atoms with Crippen LogP contribution in [0.5, 0.6) is 0 Å². The number of ether oxygens (including phenoxy) is 1. The zero-order valence-corrected chi connectivity index (χ0v) is 13.2. The van der Waals surface area contributed by atoms with E-state index in [9.17, 15) is 4.79 Å². The summed E-state index contributed by atoms with van der Waals surface area (Å²) in [7, 11) is 0. The highest BCUT2D eigenvalue weighted by molar-refractivity contribution is 5.78. The molecule has 0 atom stereocenters. The monoisotopic (exact) mass is 302 g/mol. The summed E-state index contributed by atoms with van der Waals surface area (Å²) in [6, 6.07) is 8.38. The quantitative estimate of drug-likeness (QED) is 0.930. The first-order valence-electron chi connectivity index (χ1n) is 8.53. The van der Waals surface area contributed by atoms with E-state index in [0.29, 0.717) is 6.54 Å². The molecule has 0 radical (unpaired) electrons. The minimum Gasteiger partial charge on any atom is -0.378 e. The molecule has 0 unspecified atom stereocenters. The van der Waals surface area contributed by atoms with E-state index in [-0.39, 0.29) is 11.8 Å². The minimum atomic E-state index is 0.226. The Morgan fingerprint density at radius 2 is 1.86 bits per heavy atom. The smallest absolute Gasteiger partial charge is 0.223 e. The topological polar surface area (TPSA) is 41.6 Å². The summed E-state index contributed by atoms with van der Waals surface area (Å²) in [5.41, 5.74) is 2.43. The highest BCUT2D eigenvalue weighted by atomic mass is 16.5. The molecule has 0 spiro atoms. The Labute approximate surface area is 132 Å². The van der Waals surface area contributed by atoms with Crippen molar-refractivity contribution in [3.63, 3.8) is 0 Å². The van der Waals surface area contributed by atoms with E-state index in [0.717, 1.165) is 39.1 Å². The molecule has 1 N–H and O–H groups in total. The molecule has 0 bridgehead atoms. The summed E-state index contributed by atoms with van der Waals surface area (Å²) in [6.07, 6.45) is 5.78. The molecule has 1 heterocycles. The van der Waals surface area contributed by atoms with Crippen LogP contribution in [0.15, 0.2) is 24.3 Å². The standard InChI is InChI=1S/C18H26N2O2/c21-18(15-6-2-1-3-7-15)19-14-16-8-4-5-9-17(16)20-10-12-22-13-11-20/h4-5,8-9,15H,1-3,6-7,10-14H2,(H,19,21). The van der Waals surface area contributed by atoms with Crippen molar-refractivity contribution in [1.29, 1.82) is 0 Å². The van der Waals surface area contributed by atoms with E-state index >= 15 is 0 Å². The number of hydrogen-bond acceptors (Lipinski definition) is 3. The zero-order chi connectivity index (χ0) is 15.2. The Morgan fingerprint density at radius 3 is 2.64 bits per heavy atom. The lowest BCUT2D eigenvalue weighted by Crippen LogP contribution is -2.37. The third-order valence-electron chi connectivity index (χ3n) is 4.77. The highest BCUT2D eigenvalue weighted by Crippen LogP contribution is 2.25. The third-order valence-corrected chi connectivity index (χ3v) is 4.77. The maximum Gasteiger partial charge on any atom is 0.223 e. The Hall–Kier alpha value is -1.55. The molecular weight excluding hydrogens is 276 g/mol. The third kappa shape index (κ3) is 3.80. The second-order valence-electron chi connectivity index (χ2n) is 6.28. The minimum absolute atomic E-state index is 0.226. The van der Waals surface area contributed by atoms with Crippen LogP contribution in [0.4, 0.5) is 5.69 Å². The van der Waals surface area contributed by atoms with Crippen molar-refractivity contribution in [3.05, 3.63) is 29.8 Å². The molecule has 4 nitrogen and oxygen atoms in total. The number of nitrogens with one attached hydrogen (secondary N) is 1. The zero-order valence-electron chi connectivity index (χ0n) is 13.2. The number of carbonyl (C=O) groups is 1. The van der Waals surface area contributed by atoms with Gasteiger partial charge in [-0.15, -0.1) is 0 Å². The average Bonchev–Trinajstić information content (AvgIpc) is 2.61. The number of nitrogens with zero attached hydrogens (tertiary/aromatic N) is 1. The van der Waals surface area contributed by atoms with Gasteiger partial charge >= 0.3 is 0 Å². The van der Waals surface area contributed by atoms with Gasteiger partial charge in [-0.25, -0.2) is 0 Å². The molecule has 1 saturated carbocycles. The van der Waals surface area contributed by atoms with Gasteiger partial charge in [0, 0.05) is 31.2 Å². The largest absolute Gasteiger partial charge is 0.378 e. The van der Waals surface area contributed by atoms with Gasteiger partial charge < -0.3 is 15.0 Å². The van der Waals surface area contributed by atoms with Gasteiger partial charge in [-0.2, -0.15) is 0 Å². The molecule has 1 aliphatic heterocycles. The Kier molecular flexibility index (Phi) is 5.33. The Bertz CT molecular complexity index is 492. The van der Waals surface area contributed by atoms with Crippen LogP contribution in [0.1, 0.15) is 37.7 Å². The van der Waals surface area contributed by atoms with Gasteiger partial charge in [0.1, 0.15) is 0 Å². The number of morpholine rings is 1. The van der Waals surface area contributed by atoms with E-state index in [1.807, 2.05) is 6.07 Å². The van der Waals surface area contributed by atoms with Crippen LogP contribution >= 0.6 is 0 Å². The number of para-hydroxylation sites is 1. The van der Waals surface area contributed by atoms with Gasteiger partial charge in [-0.05, 0) is 24.5 Å². The van der Waals surface area contributed by atoms with Crippen LogP contribution in [0, 0.1) is 5.92 Å².